The van der Waals surface area contributed by atoms with Crippen LogP contribution in [0.15, 0.2) is 47.4 Å². The second kappa shape index (κ2) is 8.88. The van der Waals surface area contributed by atoms with Gasteiger partial charge in [0.1, 0.15) is 0 Å². The van der Waals surface area contributed by atoms with Crippen molar-refractivity contribution in [1.29, 1.82) is 0 Å². The van der Waals surface area contributed by atoms with Gasteiger partial charge in [0.05, 0.1) is 8.07 Å². The van der Waals surface area contributed by atoms with Gasteiger partial charge in [0.25, 0.3) is 0 Å². The Labute approximate surface area is 171 Å². The smallest absolute Gasteiger partial charge is 0.0535 e. The molecule has 0 unspecified atom stereocenters. The van der Waals surface area contributed by atoms with Crippen molar-refractivity contribution in [3.8, 4) is 24.2 Å². The Hall–Kier alpha value is -1.87. The molecule has 27 heavy (non-hydrogen) atoms. The molecule has 2 aromatic rings. The van der Waals surface area contributed by atoms with Gasteiger partial charge < -0.3 is 0 Å². The Bertz CT molecular complexity index is 881. The highest BCUT2D eigenvalue weighted by Gasteiger charge is 2.34. The van der Waals surface area contributed by atoms with E-state index < -0.39 is 8.07 Å². The van der Waals surface area contributed by atoms with Gasteiger partial charge in [-0.15, -0.1) is 18.2 Å². The minimum absolute atomic E-state index is 0.462. The van der Waals surface area contributed by atoms with Crippen molar-refractivity contribution in [2.45, 2.75) is 56.8 Å². The largest absolute Gasteiger partial charge is 0.126 e. The quantitative estimate of drug-likeness (QED) is 0.308. The van der Waals surface area contributed by atoms with E-state index >= 15 is 0 Å². The molecule has 0 spiro atoms. The maximum Gasteiger partial charge on any atom is 0.0535 e. The fourth-order valence-electron chi connectivity index (χ4n) is 2.48. The molecule has 0 aliphatic heterocycles. The zero-order valence-corrected chi connectivity index (χ0v) is 19.3. The van der Waals surface area contributed by atoms with E-state index in [1.54, 1.807) is 0 Å². The van der Waals surface area contributed by atoms with E-state index in [1.165, 1.54) is 16.7 Å². The fourth-order valence-corrected chi connectivity index (χ4v) is 6.24. The van der Waals surface area contributed by atoms with Gasteiger partial charge in [0.2, 0.25) is 0 Å². The lowest BCUT2D eigenvalue weighted by Crippen LogP contribution is -2.37. The Morgan fingerprint density at radius 3 is 2.11 bits per heavy atom. The van der Waals surface area contributed by atoms with Crippen molar-refractivity contribution in [2.24, 2.45) is 0 Å². The van der Waals surface area contributed by atoms with Crippen LogP contribution in [-0.2, 0) is 0 Å². The maximum absolute atomic E-state index is 5.47. The lowest BCUT2D eigenvalue weighted by molar-refractivity contribution is 0.716. The Morgan fingerprint density at radius 2 is 1.56 bits per heavy atom. The second-order valence-electron chi connectivity index (χ2n) is 8.68. The van der Waals surface area contributed by atoms with Crippen molar-refractivity contribution in [3.63, 3.8) is 0 Å². The summed E-state index contributed by atoms with van der Waals surface area (Å²) in [4.78, 5) is 1.33. The summed E-state index contributed by atoms with van der Waals surface area (Å²) in [6.45, 7) is 14.2. The number of thioether (sulfide) groups is 1. The topological polar surface area (TPSA) is 0 Å². The molecule has 0 aliphatic carbocycles. The van der Waals surface area contributed by atoms with E-state index in [9.17, 15) is 0 Å². The van der Waals surface area contributed by atoms with Crippen LogP contribution in [0, 0.1) is 31.1 Å². The zero-order chi connectivity index (χ0) is 20.1. The molecular weight excluding hydrogens is 360 g/mol. The molecule has 0 heterocycles. The van der Waals surface area contributed by atoms with Gasteiger partial charge in [0.15, 0.2) is 0 Å². The van der Waals surface area contributed by atoms with Crippen LogP contribution in [0.25, 0.3) is 0 Å². The van der Waals surface area contributed by atoms with Crippen molar-refractivity contribution in [3.05, 3.63) is 64.7 Å². The van der Waals surface area contributed by atoms with Crippen molar-refractivity contribution in [2.75, 3.05) is 5.75 Å². The summed E-state index contributed by atoms with van der Waals surface area (Å²) in [5, 5.41) is 0.462. The number of aryl methyl sites for hydroxylation is 1. The van der Waals surface area contributed by atoms with Crippen LogP contribution in [0.4, 0.5) is 0 Å². The van der Waals surface area contributed by atoms with Crippen LogP contribution >= 0.6 is 11.8 Å². The molecule has 2 rings (SSSR count). The van der Waals surface area contributed by atoms with Crippen molar-refractivity contribution < 1.29 is 0 Å². The summed E-state index contributed by atoms with van der Waals surface area (Å²) in [5.41, 5.74) is 4.07. The lowest BCUT2D eigenvalue weighted by Gasteiger charge is -2.37. The first-order chi connectivity index (χ1) is 12.6. The molecule has 0 N–H and O–H groups in total. The summed E-state index contributed by atoms with van der Waals surface area (Å²) in [6.07, 6.45) is 5.47. The van der Waals surface area contributed by atoms with Crippen LogP contribution in [0.1, 0.15) is 43.0 Å². The third-order valence-electron chi connectivity index (χ3n) is 5.61. The van der Waals surface area contributed by atoms with E-state index in [0.717, 1.165) is 22.3 Å². The Balaban J connectivity index is 1.97. The molecule has 0 aromatic heterocycles. The molecule has 140 valence electrons. The van der Waals surface area contributed by atoms with Gasteiger partial charge in [-0.25, -0.2) is 0 Å². The number of rotatable bonds is 4. The second-order valence-corrected chi connectivity index (χ2v) is 15.6. The molecule has 0 nitrogen and oxygen atoms in total. The molecule has 0 saturated carbocycles. The highest BCUT2D eigenvalue weighted by molar-refractivity contribution is 7.99. The lowest BCUT2D eigenvalue weighted by atomic mass is 10.1. The standard InChI is InChI=1S/C25H30SSi/c1-8-23-14-11-22(19-20(23)2)10-9-21-12-15-24(16-13-21)26-17-18-27(6,7)25(3,4)5/h1,11-16,19H,17-18H2,2-7H3. The summed E-state index contributed by atoms with van der Waals surface area (Å²) >= 11 is 1.96. The summed E-state index contributed by atoms with van der Waals surface area (Å²) < 4.78 is 0. The van der Waals surface area contributed by atoms with Crippen molar-refractivity contribution >= 4 is 19.8 Å². The Kier molecular flexibility index (Phi) is 7.04. The molecule has 0 amide bonds. The van der Waals surface area contributed by atoms with Gasteiger partial charge >= 0.3 is 0 Å². The average Bonchev–Trinajstić information content (AvgIpc) is 2.60. The molecule has 2 aromatic carbocycles. The van der Waals surface area contributed by atoms with Crippen LogP contribution in [0.3, 0.4) is 0 Å². The van der Waals surface area contributed by atoms with E-state index in [1.807, 2.05) is 36.9 Å². The van der Waals surface area contributed by atoms with Gasteiger partial charge in [-0.3, -0.25) is 0 Å². The summed E-state index contributed by atoms with van der Waals surface area (Å²) in [7, 11) is -1.19. The van der Waals surface area contributed by atoms with E-state index in [0.29, 0.717) is 5.04 Å². The van der Waals surface area contributed by atoms with Crippen LogP contribution in [-0.4, -0.2) is 13.8 Å². The maximum atomic E-state index is 5.47. The molecule has 0 saturated heterocycles. The fraction of sp³-hybridized carbons (Fsp3) is 0.360. The molecule has 0 aliphatic rings. The number of hydrogen-bond acceptors (Lipinski definition) is 1. The normalized spacial score (nSPS) is 11.4. The first-order valence-corrected chi connectivity index (χ1v) is 13.6. The van der Waals surface area contributed by atoms with Gasteiger partial charge in [-0.05, 0) is 71.8 Å². The highest BCUT2D eigenvalue weighted by Crippen LogP contribution is 2.39. The van der Waals surface area contributed by atoms with E-state index in [2.05, 4.69) is 75.9 Å². The molecule has 0 atom stereocenters. The Morgan fingerprint density at radius 1 is 0.963 bits per heavy atom. The first kappa shape index (κ1) is 21.4. The van der Waals surface area contributed by atoms with Gasteiger partial charge in [-0.1, -0.05) is 51.6 Å². The van der Waals surface area contributed by atoms with Crippen LogP contribution in [0.2, 0.25) is 24.2 Å². The van der Waals surface area contributed by atoms with E-state index in [4.69, 9.17) is 6.42 Å². The third kappa shape index (κ3) is 6.07. The molecule has 0 radical (unpaired) electrons. The monoisotopic (exact) mass is 390 g/mol. The molecule has 0 bridgehead atoms. The van der Waals surface area contributed by atoms with Gasteiger partial charge in [-0.2, -0.15) is 0 Å². The average molecular weight is 391 g/mol. The first-order valence-electron chi connectivity index (χ1n) is 9.44. The minimum Gasteiger partial charge on any atom is -0.126 e. The summed E-state index contributed by atoms with van der Waals surface area (Å²) in [6, 6.07) is 15.9. The predicted octanol–water partition coefficient (Wildman–Crippen LogP) is 6.98. The molecule has 2 heteroatoms. The SMILES string of the molecule is C#Cc1ccc(C#Cc2ccc(SCC[Si](C)(C)C(C)(C)C)cc2)cc1C. The van der Waals surface area contributed by atoms with Crippen LogP contribution < -0.4 is 0 Å². The highest BCUT2D eigenvalue weighted by atomic mass is 32.2. The molecular formula is C25H30SSi. The number of terminal acetylenes is 1. The van der Waals surface area contributed by atoms with Gasteiger partial charge in [0, 0.05) is 21.6 Å². The molecule has 0 fully saturated rings. The van der Waals surface area contributed by atoms with Crippen molar-refractivity contribution in [1.82, 2.24) is 0 Å². The third-order valence-corrected chi connectivity index (χ3v) is 12.6. The minimum atomic E-state index is -1.19. The van der Waals surface area contributed by atoms with E-state index in [-0.39, 0.29) is 0 Å². The predicted molar refractivity (Wildman–Crippen MR) is 124 cm³/mol. The van der Waals surface area contributed by atoms with Crippen LogP contribution in [0.5, 0.6) is 0 Å². The number of hydrogen-bond donors (Lipinski definition) is 0. The summed E-state index contributed by atoms with van der Waals surface area (Å²) in [5.74, 6) is 10.4. The number of benzene rings is 2. The zero-order valence-electron chi connectivity index (χ0n) is 17.4.